The number of benzene rings is 2. The monoisotopic (exact) mass is 378 g/mol. The summed E-state index contributed by atoms with van der Waals surface area (Å²) < 4.78 is 19.9. The van der Waals surface area contributed by atoms with Gasteiger partial charge < -0.3 is 4.74 Å². The van der Waals surface area contributed by atoms with Gasteiger partial charge in [-0.25, -0.2) is 13.9 Å². The maximum absolute atomic E-state index is 13.3. The lowest BCUT2D eigenvalue weighted by molar-refractivity contribution is 0.0527. The van der Waals surface area contributed by atoms with Crippen LogP contribution in [0.4, 0.5) is 4.39 Å². The molecular weight excluding hydrogens is 366 g/mol. The summed E-state index contributed by atoms with van der Waals surface area (Å²) in [4.78, 5) is 12.3. The molecule has 0 aliphatic rings. The van der Waals surface area contributed by atoms with E-state index in [4.69, 9.17) is 27.9 Å². The molecule has 0 bridgehead atoms. The van der Waals surface area contributed by atoms with Crippen molar-refractivity contribution >= 4 is 29.2 Å². The zero-order chi connectivity index (χ0) is 18.0. The van der Waals surface area contributed by atoms with E-state index >= 15 is 0 Å². The van der Waals surface area contributed by atoms with Gasteiger partial charge in [-0.3, -0.25) is 0 Å². The van der Waals surface area contributed by atoms with Crippen LogP contribution in [0.15, 0.2) is 48.7 Å². The van der Waals surface area contributed by atoms with Crippen LogP contribution < -0.4 is 0 Å². The highest BCUT2D eigenvalue weighted by molar-refractivity contribution is 6.35. The number of esters is 1. The number of halogens is 3. The first-order valence-corrected chi connectivity index (χ1v) is 8.23. The van der Waals surface area contributed by atoms with Gasteiger partial charge in [0.1, 0.15) is 11.4 Å². The normalized spacial score (nSPS) is 10.7. The van der Waals surface area contributed by atoms with Crippen LogP contribution in [0.1, 0.15) is 17.3 Å². The van der Waals surface area contributed by atoms with Crippen molar-refractivity contribution < 1.29 is 13.9 Å². The highest BCUT2D eigenvalue weighted by Crippen LogP contribution is 2.31. The van der Waals surface area contributed by atoms with Crippen LogP contribution in [0.5, 0.6) is 0 Å². The summed E-state index contributed by atoms with van der Waals surface area (Å²) in [6.45, 7) is 1.95. The summed E-state index contributed by atoms with van der Waals surface area (Å²) >= 11 is 12.2. The van der Waals surface area contributed by atoms with Gasteiger partial charge in [0.05, 0.1) is 29.2 Å². The summed E-state index contributed by atoms with van der Waals surface area (Å²) in [7, 11) is 0. The molecule has 3 aromatic rings. The number of carbonyl (C=O) groups is 1. The molecule has 7 heteroatoms. The van der Waals surface area contributed by atoms with Gasteiger partial charge in [0.2, 0.25) is 0 Å². The van der Waals surface area contributed by atoms with E-state index in [0.29, 0.717) is 27.0 Å². The smallest absolute Gasteiger partial charge is 0.342 e. The van der Waals surface area contributed by atoms with Gasteiger partial charge >= 0.3 is 5.97 Å². The highest BCUT2D eigenvalue weighted by atomic mass is 35.5. The maximum atomic E-state index is 13.3. The Morgan fingerprint density at radius 2 is 1.92 bits per heavy atom. The average Bonchev–Trinajstić information content (AvgIpc) is 3.00. The lowest BCUT2D eigenvalue weighted by Gasteiger charge is -2.11. The lowest BCUT2D eigenvalue weighted by Crippen LogP contribution is -2.07. The van der Waals surface area contributed by atoms with Crippen molar-refractivity contribution in [3.63, 3.8) is 0 Å². The number of aromatic nitrogens is 2. The number of hydrogen-bond donors (Lipinski definition) is 0. The lowest BCUT2D eigenvalue weighted by atomic mass is 10.1. The molecule has 0 N–H and O–H groups in total. The van der Waals surface area contributed by atoms with Gasteiger partial charge in [0.25, 0.3) is 0 Å². The van der Waals surface area contributed by atoms with E-state index < -0.39 is 5.97 Å². The predicted molar refractivity (Wildman–Crippen MR) is 94.9 cm³/mol. The first kappa shape index (κ1) is 17.5. The number of ether oxygens (including phenoxy) is 1. The minimum absolute atomic E-state index is 0.231. The van der Waals surface area contributed by atoms with E-state index in [-0.39, 0.29) is 18.0 Å². The summed E-state index contributed by atoms with van der Waals surface area (Å²) in [5.74, 6) is -0.893. The van der Waals surface area contributed by atoms with E-state index in [1.807, 2.05) is 0 Å². The van der Waals surface area contributed by atoms with E-state index in [1.54, 1.807) is 37.3 Å². The fraction of sp³-hybridized carbons (Fsp3) is 0.111. The minimum atomic E-state index is -0.516. The van der Waals surface area contributed by atoms with Crippen molar-refractivity contribution in [2.75, 3.05) is 6.61 Å². The van der Waals surface area contributed by atoms with Crippen molar-refractivity contribution in [2.24, 2.45) is 0 Å². The molecule has 1 heterocycles. The Morgan fingerprint density at radius 1 is 1.20 bits per heavy atom. The van der Waals surface area contributed by atoms with E-state index in [9.17, 15) is 9.18 Å². The molecule has 0 spiro atoms. The molecule has 0 radical (unpaired) electrons. The van der Waals surface area contributed by atoms with Crippen LogP contribution in [0.25, 0.3) is 16.9 Å². The highest BCUT2D eigenvalue weighted by Gasteiger charge is 2.22. The zero-order valence-corrected chi connectivity index (χ0v) is 14.7. The summed E-state index contributed by atoms with van der Waals surface area (Å²) in [5, 5.41) is 5.12. The Labute approximate surface area is 153 Å². The molecule has 1 aromatic heterocycles. The second-order valence-corrected chi connectivity index (χ2v) is 5.99. The maximum Gasteiger partial charge on any atom is 0.342 e. The number of nitrogens with zero attached hydrogens (tertiary/aromatic N) is 2. The average molecular weight is 379 g/mol. The largest absolute Gasteiger partial charge is 0.462 e. The van der Waals surface area contributed by atoms with Crippen molar-refractivity contribution in [1.29, 1.82) is 0 Å². The molecule has 0 aliphatic heterocycles. The number of rotatable bonds is 4. The Morgan fingerprint density at radius 3 is 2.56 bits per heavy atom. The molecule has 128 valence electrons. The standard InChI is InChI=1S/C18H13Cl2FN2O2/c1-2-25-18(24)14-10-22-23(16-8-5-12(19)9-15(16)20)17(14)11-3-6-13(21)7-4-11/h3-10H,2H2,1H3. The van der Waals surface area contributed by atoms with Crippen LogP contribution in [0.2, 0.25) is 10.0 Å². The van der Waals surface area contributed by atoms with Gasteiger partial charge in [-0.1, -0.05) is 23.2 Å². The minimum Gasteiger partial charge on any atom is -0.462 e. The molecule has 0 saturated heterocycles. The topological polar surface area (TPSA) is 44.1 Å². The van der Waals surface area contributed by atoms with Crippen LogP contribution in [0, 0.1) is 5.82 Å². The molecule has 0 atom stereocenters. The van der Waals surface area contributed by atoms with Gasteiger partial charge in [-0.15, -0.1) is 0 Å². The molecule has 0 amide bonds. The van der Waals surface area contributed by atoms with Crippen molar-refractivity contribution in [2.45, 2.75) is 6.92 Å². The summed E-state index contributed by atoms with van der Waals surface area (Å²) in [6.07, 6.45) is 1.40. The third-order valence-electron chi connectivity index (χ3n) is 3.52. The molecular formula is C18H13Cl2FN2O2. The Kier molecular flexibility index (Phi) is 5.06. The number of carbonyl (C=O) groups excluding carboxylic acids is 1. The molecule has 0 unspecified atom stereocenters. The van der Waals surface area contributed by atoms with E-state index in [0.717, 1.165) is 0 Å². The van der Waals surface area contributed by atoms with E-state index in [2.05, 4.69) is 5.10 Å². The molecule has 3 rings (SSSR count). The Hall–Kier alpha value is -2.37. The molecule has 25 heavy (non-hydrogen) atoms. The van der Waals surface area contributed by atoms with Gasteiger partial charge in [-0.2, -0.15) is 5.10 Å². The fourth-order valence-electron chi connectivity index (χ4n) is 2.43. The summed E-state index contributed by atoms with van der Waals surface area (Å²) in [6, 6.07) is 10.7. The molecule has 0 saturated carbocycles. The van der Waals surface area contributed by atoms with Crippen LogP contribution >= 0.6 is 23.2 Å². The zero-order valence-electron chi connectivity index (χ0n) is 13.2. The second-order valence-electron chi connectivity index (χ2n) is 5.14. The van der Waals surface area contributed by atoms with Crippen molar-refractivity contribution in [1.82, 2.24) is 9.78 Å². The molecule has 0 fully saturated rings. The Balaban J connectivity index is 2.22. The molecule has 0 aliphatic carbocycles. The first-order valence-electron chi connectivity index (χ1n) is 7.47. The quantitative estimate of drug-likeness (QED) is 0.588. The van der Waals surface area contributed by atoms with Gasteiger partial charge in [-0.05, 0) is 49.4 Å². The molecule has 2 aromatic carbocycles. The van der Waals surface area contributed by atoms with Crippen molar-refractivity contribution in [3.8, 4) is 16.9 Å². The van der Waals surface area contributed by atoms with Gasteiger partial charge in [0.15, 0.2) is 0 Å². The van der Waals surface area contributed by atoms with Crippen molar-refractivity contribution in [3.05, 3.63) is 70.1 Å². The predicted octanol–water partition coefficient (Wildman–Crippen LogP) is 5.16. The Bertz CT molecular complexity index is 923. The van der Waals surface area contributed by atoms with Gasteiger partial charge in [0, 0.05) is 10.6 Å². The third-order valence-corrected chi connectivity index (χ3v) is 4.06. The third kappa shape index (κ3) is 3.52. The SMILES string of the molecule is CCOC(=O)c1cnn(-c2ccc(Cl)cc2Cl)c1-c1ccc(F)cc1. The number of hydrogen-bond acceptors (Lipinski definition) is 3. The van der Waals surface area contributed by atoms with Crippen LogP contribution in [-0.2, 0) is 4.74 Å². The van der Waals surface area contributed by atoms with Crippen LogP contribution in [-0.4, -0.2) is 22.4 Å². The summed E-state index contributed by atoms with van der Waals surface area (Å²) in [5.41, 5.74) is 1.87. The fourth-order valence-corrected chi connectivity index (χ4v) is 2.92. The first-order chi connectivity index (χ1) is 12.0. The second kappa shape index (κ2) is 7.25. The molecule has 4 nitrogen and oxygen atoms in total. The van der Waals surface area contributed by atoms with Crippen LogP contribution in [0.3, 0.4) is 0 Å². The van der Waals surface area contributed by atoms with E-state index in [1.165, 1.54) is 23.0 Å².